The highest BCUT2D eigenvalue weighted by Crippen LogP contribution is 2.13. The molecule has 2 heterocycles. The van der Waals surface area contributed by atoms with E-state index in [4.69, 9.17) is 4.74 Å². The topological polar surface area (TPSA) is 95.1 Å². The third-order valence-corrected chi connectivity index (χ3v) is 3.97. The number of rotatable bonds is 4. The average Bonchev–Trinajstić information content (AvgIpc) is 2.57. The molecule has 0 saturated carbocycles. The second-order valence-electron chi connectivity index (χ2n) is 5.82. The minimum atomic E-state index is -0.307. The van der Waals surface area contributed by atoms with Gasteiger partial charge in [0.2, 0.25) is 5.91 Å². The van der Waals surface area contributed by atoms with Gasteiger partial charge >= 0.3 is 6.03 Å². The van der Waals surface area contributed by atoms with Crippen LogP contribution in [-0.2, 0) is 9.53 Å². The number of carbonyl (C=O) groups is 2. The van der Waals surface area contributed by atoms with Crippen LogP contribution in [0.15, 0.2) is 29.4 Å². The molecule has 1 atom stereocenters. The second kappa shape index (κ2) is 7.41. The fourth-order valence-corrected chi connectivity index (χ4v) is 2.71. The first-order chi connectivity index (χ1) is 11.6. The molecule has 3 rings (SSSR count). The summed E-state index contributed by atoms with van der Waals surface area (Å²) in [6.07, 6.45) is 0. The molecule has 8 nitrogen and oxygen atoms in total. The zero-order chi connectivity index (χ0) is 16.9. The Bertz CT molecular complexity index is 638. The molecule has 3 N–H and O–H groups in total. The molecule has 0 bridgehead atoms. The van der Waals surface area contributed by atoms with Crippen molar-refractivity contribution >= 4 is 23.3 Å². The molecule has 128 valence electrons. The number of nitrogens with one attached hydrogen (secondary N) is 3. The van der Waals surface area contributed by atoms with Crippen molar-refractivity contribution < 1.29 is 14.3 Å². The van der Waals surface area contributed by atoms with E-state index < -0.39 is 0 Å². The zero-order valence-corrected chi connectivity index (χ0v) is 13.5. The Balaban J connectivity index is 1.58. The van der Waals surface area contributed by atoms with Crippen molar-refractivity contribution in [1.82, 2.24) is 15.6 Å². The summed E-state index contributed by atoms with van der Waals surface area (Å²) in [4.78, 5) is 25.4. The maximum Gasteiger partial charge on any atom is 0.335 e. The van der Waals surface area contributed by atoms with Gasteiger partial charge in [0.15, 0.2) is 0 Å². The number of amides is 3. The molecule has 24 heavy (non-hydrogen) atoms. The van der Waals surface area contributed by atoms with Gasteiger partial charge in [-0.3, -0.25) is 9.69 Å². The summed E-state index contributed by atoms with van der Waals surface area (Å²) in [7, 11) is 0. The number of carbonyl (C=O) groups excluding carboxylic acids is 2. The Kier molecular flexibility index (Phi) is 5.07. The van der Waals surface area contributed by atoms with Gasteiger partial charge in [0.1, 0.15) is 0 Å². The summed E-state index contributed by atoms with van der Waals surface area (Å²) in [5.41, 5.74) is 4.78. The molecule has 1 unspecified atom stereocenters. The van der Waals surface area contributed by atoms with Crippen LogP contribution in [0.5, 0.6) is 0 Å². The summed E-state index contributed by atoms with van der Waals surface area (Å²) >= 11 is 0. The Morgan fingerprint density at radius 2 is 2.04 bits per heavy atom. The van der Waals surface area contributed by atoms with Crippen molar-refractivity contribution in [3.63, 3.8) is 0 Å². The Hall–Kier alpha value is -2.45. The van der Waals surface area contributed by atoms with Crippen LogP contribution in [0.1, 0.15) is 12.5 Å². The van der Waals surface area contributed by atoms with E-state index >= 15 is 0 Å². The minimum Gasteiger partial charge on any atom is -0.379 e. The van der Waals surface area contributed by atoms with Gasteiger partial charge in [0.05, 0.1) is 31.5 Å². The third kappa shape index (κ3) is 4.09. The van der Waals surface area contributed by atoms with Gasteiger partial charge in [-0.25, -0.2) is 10.2 Å². The number of anilines is 1. The monoisotopic (exact) mass is 331 g/mol. The van der Waals surface area contributed by atoms with Crippen molar-refractivity contribution in [2.45, 2.75) is 13.0 Å². The number of nitrogens with zero attached hydrogens (tertiary/aromatic N) is 2. The molecule has 0 spiro atoms. The van der Waals surface area contributed by atoms with E-state index in [1.165, 1.54) is 0 Å². The van der Waals surface area contributed by atoms with E-state index in [9.17, 15) is 9.59 Å². The van der Waals surface area contributed by atoms with Crippen molar-refractivity contribution in [2.24, 2.45) is 5.10 Å². The van der Waals surface area contributed by atoms with Gasteiger partial charge < -0.3 is 15.4 Å². The molecule has 0 aliphatic carbocycles. The van der Waals surface area contributed by atoms with Crippen LogP contribution in [0.25, 0.3) is 0 Å². The van der Waals surface area contributed by atoms with E-state index in [2.05, 4.69) is 26.1 Å². The lowest BCUT2D eigenvalue weighted by molar-refractivity contribution is -0.118. The first-order valence-corrected chi connectivity index (χ1v) is 7.96. The van der Waals surface area contributed by atoms with E-state index in [1.807, 2.05) is 31.2 Å². The molecular weight excluding hydrogens is 310 g/mol. The standard InChI is InChI=1S/C16H21N5O3/c1-11-15(19-20-16(23)17-11)12-2-4-13(5-3-12)18-14(22)10-21-6-8-24-9-7-21/h2-5,11H,6-10H2,1H3,(H,18,22)(H2,17,20,23). The Morgan fingerprint density at radius 1 is 1.33 bits per heavy atom. The van der Waals surface area contributed by atoms with Crippen molar-refractivity contribution in [2.75, 3.05) is 38.2 Å². The number of ether oxygens (including phenoxy) is 1. The number of benzene rings is 1. The van der Waals surface area contributed by atoms with Gasteiger partial charge in [-0.1, -0.05) is 12.1 Å². The predicted molar refractivity (Wildman–Crippen MR) is 90.0 cm³/mol. The van der Waals surface area contributed by atoms with Crippen molar-refractivity contribution in [1.29, 1.82) is 0 Å². The van der Waals surface area contributed by atoms with Crippen LogP contribution >= 0.6 is 0 Å². The summed E-state index contributed by atoms with van der Waals surface area (Å²) in [6.45, 7) is 5.14. The van der Waals surface area contributed by atoms with Crippen LogP contribution in [0.2, 0.25) is 0 Å². The quantitative estimate of drug-likeness (QED) is 0.742. The first-order valence-electron chi connectivity index (χ1n) is 7.96. The van der Waals surface area contributed by atoms with Gasteiger partial charge in [-0.15, -0.1) is 0 Å². The number of hydrogen-bond donors (Lipinski definition) is 3. The normalized spacial score (nSPS) is 21.5. The van der Waals surface area contributed by atoms with Crippen molar-refractivity contribution in [3.05, 3.63) is 29.8 Å². The van der Waals surface area contributed by atoms with E-state index in [1.54, 1.807) is 0 Å². The number of urea groups is 1. The van der Waals surface area contributed by atoms with Crippen LogP contribution in [-0.4, -0.2) is 61.4 Å². The highest BCUT2D eigenvalue weighted by molar-refractivity contribution is 6.07. The van der Waals surface area contributed by atoms with Crippen LogP contribution < -0.4 is 16.1 Å². The van der Waals surface area contributed by atoms with Crippen LogP contribution in [0, 0.1) is 0 Å². The van der Waals surface area contributed by atoms with Crippen LogP contribution in [0.3, 0.4) is 0 Å². The lowest BCUT2D eigenvalue weighted by Gasteiger charge is -2.25. The molecule has 0 radical (unpaired) electrons. The zero-order valence-electron chi connectivity index (χ0n) is 13.5. The first kappa shape index (κ1) is 16.4. The fraction of sp³-hybridized carbons (Fsp3) is 0.438. The van der Waals surface area contributed by atoms with Crippen LogP contribution in [0.4, 0.5) is 10.5 Å². The van der Waals surface area contributed by atoms with Crippen molar-refractivity contribution in [3.8, 4) is 0 Å². The third-order valence-electron chi connectivity index (χ3n) is 3.97. The highest BCUT2D eigenvalue weighted by Gasteiger charge is 2.20. The molecule has 1 fully saturated rings. The van der Waals surface area contributed by atoms with E-state index in [0.29, 0.717) is 19.8 Å². The summed E-state index contributed by atoms with van der Waals surface area (Å²) in [5.74, 6) is -0.0399. The molecule has 2 aliphatic heterocycles. The highest BCUT2D eigenvalue weighted by atomic mass is 16.5. The fourth-order valence-electron chi connectivity index (χ4n) is 2.71. The maximum atomic E-state index is 12.1. The predicted octanol–water partition coefficient (Wildman–Crippen LogP) is 0.363. The molecule has 0 aromatic heterocycles. The molecular formula is C16H21N5O3. The lowest BCUT2D eigenvalue weighted by atomic mass is 10.0. The lowest BCUT2D eigenvalue weighted by Crippen LogP contribution is -2.48. The molecule has 1 aromatic carbocycles. The number of hydrazone groups is 1. The van der Waals surface area contributed by atoms with Gasteiger partial charge in [0, 0.05) is 24.3 Å². The minimum absolute atomic E-state index is 0.0399. The van der Waals surface area contributed by atoms with E-state index in [-0.39, 0.29) is 18.0 Å². The smallest absolute Gasteiger partial charge is 0.335 e. The van der Waals surface area contributed by atoms with Gasteiger partial charge in [-0.2, -0.15) is 5.10 Å². The molecule has 8 heteroatoms. The van der Waals surface area contributed by atoms with E-state index in [0.717, 1.165) is 30.1 Å². The largest absolute Gasteiger partial charge is 0.379 e. The maximum absolute atomic E-state index is 12.1. The van der Waals surface area contributed by atoms with Gasteiger partial charge in [0.25, 0.3) is 0 Å². The summed E-state index contributed by atoms with van der Waals surface area (Å²) < 4.78 is 5.27. The molecule has 1 aromatic rings. The molecule has 2 aliphatic rings. The Morgan fingerprint density at radius 3 is 2.71 bits per heavy atom. The Labute approximate surface area is 140 Å². The summed E-state index contributed by atoms with van der Waals surface area (Å²) in [6, 6.07) is 6.94. The number of morpholine rings is 1. The second-order valence-corrected chi connectivity index (χ2v) is 5.82. The average molecular weight is 331 g/mol. The van der Waals surface area contributed by atoms with Gasteiger partial charge in [-0.05, 0) is 19.1 Å². The SMILES string of the molecule is CC1NC(=O)NN=C1c1ccc(NC(=O)CN2CCOCC2)cc1. The molecule has 3 amide bonds. The summed E-state index contributed by atoms with van der Waals surface area (Å²) in [5, 5.41) is 9.72. The number of hydrogen-bond acceptors (Lipinski definition) is 5. The molecule has 1 saturated heterocycles.